The van der Waals surface area contributed by atoms with Gasteiger partial charge in [0.25, 0.3) is 5.91 Å². The number of aliphatic hydroxyl groups excluding tert-OH is 1. The third-order valence-electron chi connectivity index (χ3n) is 7.26. The number of nitrogens with two attached hydrogens (primary N) is 1. The molecule has 2 aliphatic heterocycles. The molecule has 1 saturated heterocycles. The van der Waals surface area contributed by atoms with Crippen LogP contribution in [0.2, 0.25) is 0 Å². The number of benzene rings is 1. The number of anilines is 1. The summed E-state index contributed by atoms with van der Waals surface area (Å²) in [7, 11) is 0. The molecule has 2 aliphatic rings. The summed E-state index contributed by atoms with van der Waals surface area (Å²) in [6.07, 6.45) is 2.29. The lowest BCUT2D eigenvalue weighted by Gasteiger charge is -2.41. The lowest BCUT2D eigenvalue weighted by Crippen LogP contribution is -2.43. The number of rotatable bonds is 3. The zero-order valence-corrected chi connectivity index (χ0v) is 18.6. The second-order valence-corrected chi connectivity index (χ2v) is 9.43. The maximum Gasteiger partial charge on any atom is 0.252 e. The second-order valence-electron chi connectivity index (χ2n) is 9.43. The number of fused-ring (bicyclic) bond motifs is 4. The number of carbonyl (C=O) groups is 2. The van der Waals surface area contributed by atoms with Crippen molar-refractivity contribution < 1.29 is 14.7 Å². The van der Waals surface area contributed by atoms with Crippen LogP contribution in [0.1, 0.15) is 48.2 Å². The average molecular weight is 436 g/mol. The molecule has 1 fully saturated rings. The minimum atomic E-state index is -0.490. The molecule has 0 unspecified atom stereocenters. The second kappa shape index (κ2) is 7.48. The molecule has 0 aliphatic carbocycles. The van der Waals surface area contributed by atoms with E-state index in [1.54, 1.807) is 6.92 Å². The highest BCUT2D eigenvalue weighted by atomic mass is 16.3. The van der Waals surface area contributed by atoms with E-state index in [1.165, 1.54) is 0 Å². The van der Waals surface area contributed by atoms with Gasteiger partial charge in [0.05, 0.1) is 16.6 Å². The number of carbonyl (C=O) groups excluding carboxylic acids is 2. The third kappa shape index (κ3) is 3.12. The molecule has 3 N–H and O–H groups in total. The molecule has 8 heteroatoms. The highest BCUT2D eigenvalue weighted by Crippen LogP contribution is 2.40. The first kappa shape index (κ1) is 20.8. The Labute approximate surface area is 186 Å². The first-order valence-corrected chi connectivity index (χ1v) is 11.2. The maximum atomic E-state index is 12.6. The van der Waals surface area contributed by atoms with Crippen LogP contribution in [0.5, 0.6) is 0 Å². The van der Waals surface area contributed by atoms with Gasteiger partial charge in [0, 0.05) is 45.3 Å². The van der Waals surface area contributed by atoms with Gasteiger partial charge in [-0.15, -0.1) is 0 Å². The molecule has 4 heterocycles. The number of imidazole rings is 1. The highest BCUT2D eigenvalue weighted by molar-refractivity contribution is 6.03. The number of primary amides is 1. The van der Waals surface area contributed by atoms with Crippen LogP contribution in [0.4, 0.5) is 5.82 Å². The zero-order valence-electron chi connectivity index (χ0n) is 18.6. The van der Waals surface area contributed by atoms with Crippen molar-refractivity contribution in [1.29, 1.82) is 0 Å². The first-order chi connectivity index (χ1) is 15.3. The van der Waals surface area contributed by atoms with Gasteiger partial charge in [-0.1, -0.05) is 19.1 Å². The third-order valence-corrected chi connectivity index (χ3v) is 7.26. The van der Waals surface area contributed by atoms with E-state index in [0.717, 1.165) is 53.9 Å². The van der Waals surface area contributed by atoms with Crippen molar-refractivity contribution in [2.75, 3.05) is 31.1 Å². The van der Waals surface area contributed by atoms with Crippen LogP contribution in [-0.2, 0) is 17.8 Å². The van der Waals surface area contributed by atoms with Crippen LogP contribution in [0.15, 0.2) is 24.3 Å². The van der Waals surface area contributed by atoms with Gasteiger partial charge in [-0.25, -0.2) is 4.98 Å². The van der Waals surface area contributed by atoms with Crippen molar-refractivity contribution in [3.63, 3.8) is 0 Å². The number of pyridine rings is 1. The number of hydrogen-bond donors (Lipinski definition) is 2. The van der Waals surface area contributed by atoms with Gasteiger partial charge in [0.15, 0.2) is 5.65 Å². The molecule has 2 aromatic heterocycles. The van der Waals surface area contributed by atoms with Gasteiger partial charge in [-0.2, -0.15) is 0 Å². The van der Waals surface area contributed by atoms with E-state index >= 15 is 0 Å². The summed E-state index contributed by atoms with van der Waals surface area (Å²) in [5, 5.41) is 9.84. The van der Waals surface area contributed by atoms with Crippen molar-refractivity contribution >= 4 is 34.3 Å². The molecule has 8 nitrogen and oxygen atoms in total. The molecule has 0 saturated carbocycles. The molecule has 1 aromatic carbocycles. The molecule has 168 valence electrons. The SMILES string of the molecule is CC(=O)N1CCc2c(c(N3CCC(C)(CO)CC3)n3c(nc4ccccc43)c2C(N)=O)C1. The molecule has 0 atom stereocenters. The van der Waals surface area contributed by atoms with Crippen LogP contribution in [0, 0.1) is 5.41 Å². The van der Waals surface area contributed by atoms with Gasteiger partial charge in [-0.05, 0) is 42.4 Å². The fourth-order valence-corrected chi connectivity index (χ4v) is 5.20. The summed E-state index contributed by atoms with van der Waals surface area (Å²) < 4.78 is 2.06. The van der Waals surface area contributed by atoms with Crippen molar-refractivity contribution in [3.8, 4) is 0 Å². The highest BCUT2D eigenvalue weighted by Gasteiger charge is 2.35. The number of hydrogen-bond acceptors (Lipinski definition) is 5. The van der Waals surface area contributed by atoms with Crippen LogP contribution >= 0.6 is 0 Å². The Bertz CT molecular complexity index is 1240. The molecule has 5 rings (SSSR count). The fraction of sp³-hybridized carbons (Fsp3) is 0.458. The summed E-state index contributed by atoms with van der Waals surface area (Å²) in [4.78, 5) is 33.8. The summed E-state index contributed by atoms with van der Waals surface area (Å²) in [6, 6.07) is 7.84. The average Bonchev–Trinajstić information content (AvgIpc) is 3.16. The maximum absolute atomic E-state index is 12.6. The normalized spacial score (nSPS) is 18.2. The molecule has 0 spiro atoms. The van der Waals surface area contributed by atoms with Crippen molar-refractivity contribution in [3.05, 3.63) is 41.0 Å². The van der Waals surface area contributed by atoms with Crippen molar-refractivity contribution in [1.82, 2.24) is 14.3 Å². The number of para-hydroxylation sites is 2. The Balaban J connectivity index is 1.81. The van der Waals surface area contributed by atoms with E-state index < -0.39 is 5.91 Å². The van der Waals surface area contributed by atoms with E-state index in [1.807, 2.05) is 29.2 Å². The van der Waals surface area contributed by atoms with Crippen LogP contribution in [0.3, 0.4) is 0 Å². The first-order valence-electron chi connectivity index (χ1n) is 11.2. The van der Waals surface area contributed by atoms with Gasteiger partial charge in [-0.3, -0.25) is 14.0 Å². The van der Waals surface area contributed by atoms with E-state index in [0.29, 0.717) is 30.7 Å². The number of piperidine rings is 1. The Kier molecular flexibility index (Phi) is 4.85. The van der Waals surface area contributed by atoms with Gasteiger partial charge in [0.1, 0.15) is 5.82 Å². The lowest BCUT2D eigenvalue weighted by molar-refractivity contribution is -0.129. The van der Waals surface area contributed by atoms with E-state index in [9.17, 15) is 14.7 Å². The Morgan fingerprint density at radius 1 is 1.16 bits per heavy atom. The van der Waals surface area contributed by atoms with Crippen LogP contribution in [0.25, 0.3) is 16.7 Å². The Morgan fingerprint density at radius 3 is 2.53 bits per heavy atom. The Hall–Kier alpha value is -3.13. The molecule has 2 amide bonds. The summed E-state index contributed by atoms with van der Waals surface area (Å²) in [6.45, 7) is 6.43. The van der Waals surface area contributed by atoms with Gasteiger partial charge in [0.2, 0.25) is 5.91 Å². The number of aromatic nitrogens is 2. The molecular weight excluding hydrogens is 406 g/mol. The summed E-state index contributed by atoms with van der Waals surface area (Å²) >= 11 is 0. The van der Waals surface area contributed by atoms with E-state index in [4.69, 9.17) is 10.7 Å². The molecular formula is C24H29N5O3. The lowest BCUT2D eigenvalue weighted by atomic mass is 9.81. The molecule has 0 radical (unpaired) electrons. The monoisotopic (exact) mass is 435 g/mol. The summed E-state index contributed by atoms with van der Waals surface area (Å²) in [5.41, 5.74) is 10.4. The number of amides is 2. The topological polar surface area (TPSA) is 104 Å². The van der Waals surface area contributed by atoms with E-state index in [-0.39, 0.29) is 17.9 Å². The van der Waals surface area contributed by atoms with Crippen LogP contribution < -0.4 is 10.6 Å². The minimum Gasteiger partial charge on any atom is -0.396 e. The smallest absolute Gasteiger partial charge is 0.252 e. The summed E-state index contributed by atoms with van der Waals surface area (Å²) in [5.74, 6) is 0.514. The van der Waals surface area contributed by atoms with Crippen molar-refractivity contribution in [2.45, 2.75) is 39.7 Å². The van der Waals surface area contributed by atoms with Crippen molar-refractivity contribution in [2.24, 2.45) is 11.1 Å². The quantitative estimate of drug-likeness (QED) is 0.656. The molecule has 32 heavy (non-hydrogen) atoms. The molecule has 3 aromatic rings. The van der Waals surface area contributed by atoms with Gasteiger partial charge >= 0.3 is 0 Å². The molecule has 0 bridgehead atoms. The number of nitrogens with zero attached hydrogens (tertiary/aromatic N) is 4. The standard InChI is InChI=1S/C24H29N5O3/c1-15(31)28-10-7-16-17(13-28)23(27-11-8-24(2,14-30)9-12-27)29-19-6-4-3-5-18(19)26-22(29)20(16)21(25)32/h3-6,30H,7-14H2,1-2H3,(H2,25,32). The van der Waals surface area contributed by atoms with Crippen LogP contribution in [-0.4, -0.2) is 57.4 Å². The predicted octanol–water partition coefficient (Wildman–Crippen LogP) is 2.09. The Morgan fingerprint density at radius 2 is 1.88 bits per heavy atom. The fourth-order valence-electron chi connectivity index (χ4n) is 5.20. The minimum absolute atomic E-state index is 0.0179. The number of aliphatic hydroxyl groups is 1. The largest absolute Gasteiger partial charge is 0.396 e. The zero-order chi connectivity index (χ0) is 22.6. The van der Waals surface area contributed by atoms with Gasteiger partial charge < -0.3 is 20.6 Å². The van der Waals surface area contributed by atoms with E-state index in [2.05, 4.69) is 16.2 Å². The predicted molar refractivity (Wildman–Crippen MR) is 123 cm³/mol.